The molecule has 0 bridgehead atoms. The average Bonchev–Trinajstić information content (AvgIpc) is 2.27. The Bertz CT molecular complexity index is 346. The highest BCUT2D eigenvalue weighted by atomic mass is 16.5. The standard InChI is InChI=1S/C15H20O/c1-4-16-14(3)7-5-6-8-15-11-9-13(2)10-12-15/h5,7,9-12H,3-4,6,8H2,1-2H3/b7-5+. The first-order valence-electron chi connectivity index (χ1n) is 5.76. The topological polar surface area (TPSA) is 9.23 Å². The summed E-state index contributed by atoms with van der Waals surface area (Å²) in [6, 6.07) is 8.66. The third-order valence-corrected chi connectivity index (χ3v) is 2.35. The van der Waals surface area contributed by atoms with Crippen molar-refractivity contribution in [3.63, 3.8) is 0 Å². The Balaban J connectivity index is 2.30. The molecule has 1 aromatic carbocycles. The summed E-state index contributed by atoms with van der Waals surface area (Å²) in [4.78, 5) is 0. The van der Waals surface area contributed by atoms with E-state index in [0.717, 1.165) is 18.6 Å². The summed E-state index contributed by atoms with van der Waals surface area (Å²) in [5.41, 5.74) is 2.68. The lowest BCUT2D eigenvalue weighted by atomic mass is 10.1. The van der Waals surface area contributed by atoms with E-state index >= 15 is 0 Å². The minimum Gasteiger partial charge on any atom is -0.495 e. The van der Waals surface area contributed by atoms with E-state index < -0.39 is 0 Å². The van der Waals surface area contributed by atoms with E-state index in [1.54, 1.807) is 0 Å². The van der Waals surface area contributed by atoms with Crippen molar-refractivity contribution < 1.29 is 4.74 Å². The third kappa shape index (κ3) is 4.83. The predicted octanol–water partition coefficient (Wildman–Crippen LogP) is 4.03. The molecule has 1 rings (SSSR count). The van der Waals surface area contributed by atoms with Gasteiger partial charge in [0.1, 0.15) is 5.76 Å². The molecule has 0 aliphatic heterocycles. The summed E-state index contributed by atoms with van der Waals surface area (Å²) in [5, 5.41) is 0. The van der Waals surface area contributed by atoms with Crippen molar-refractivity contribution in [2.75, 3.05) is 6.61 Å². The second kappa shape index (κ2) is 6.89. The van der Waals surface area contributed by atoms with Crippen molar-refractivity contribution in [1.82, 2.24) is 0 Å². The summed E-state index contributed by atoms with van der Waals surface area (Å²) < 4.78 is 5.23. The molecule has 0 N–H and O–H groups in total. The van der Waals surface area contributed by atoms with E-state index in [9.17, 15) is 0 Å². The summed E-state index contributed by atoms with van der Waals surface area (Å²) >= 11 is 0. The van der Waals surface area contributed by atoms with E-state index in [1.165, 1.54) is 11.1 Å². The van der Waals surface area contributed by atoms with Crippen LogP contribution in [0.4, 0.5) is 0 Å². The first-order valence-corrected chi connectivity index (χ1v) is 5.76. The maximum Gasteiger partial charge on any atom is 0.111 e. The molecule has 0 atom stereocenters. The van der Waals surface area contributed by atoms with Crippen LogP contribution in [0.3, 0.4) is 0 Å². The Morgan fingerprint density at radius 3 is 2.62 bits per heavy atom. The fraction of sp³-hybridized carbons (Fsp3) is 0.333. The minimum absolute atomic E-state index is 0.682. The third-order valence-electron chi connectivity index (χ3n) is 2.35. The van der Waals surface area contributed by atoms with Crippen molar-refractivity contribution in [3.05, 3.63) is 59.9 Å². The number of rotatable bonds is 6. The van der Waals surface area contributed by atoms with E-state index in [-0.39, 0.29) is 0 Å². The van der Waals surface area contributed by atoms with Gasteiger partial charge in [-0.15, -0.1) is 0 Å². The van der Waals surface area contributed by atoms with Gasteiger partial charge in [0, 0.05) is 0 Å². The molecule has 0 fully saturated rings. The molecule has 0 saturated heterocycles. The molecule has 0 aromatic heterocycles. The first kappa shape index (κ1) is 12.6. The van der Waals surface area contributed by atoms with E-state index in [4.69, 9.17) is 4.74 Å². The number of benzene rings is 1. The predicted molar refractivity (Wildman–Crippen MR) is 69.4 cm³/mol. The molecule has 16 heavy (non-hydrogen) atoms. The first-order chi connectivity index (χ1) is 7.72. The average molecular weight is 216 g/mol. The molecule has 86 valence electrons. The molecule has 0 radical (unpaired) electrons. The summed E-state index contributed by atoms with van der Waals surface area (Å²) in [6.07, 6.45) is 6.14. The molecule has 0 saturated carbocycles. The van der Waals surface area contributed by atoms with Crippen molar-refractivity contribution in [2.45, 2.75) is 26.7 Å². The van der Waals surface area contributed by atoms with E-state index in [2.05, 4.69) is 43.8 Å². The molecular weight excluding hydrogens is 196 g/mol. The molecule has 0 aliphatic rings. The molecule has 0 unspecified atom stereocenters. The van der Waals surface area contributed by atoms with Gasteiger partial charge in [-0.3, -0.25) is 0 Å². The van der Waals surface area contributed by atoms with Gasteiger partial charge in [-0.1, -0.05) is 42.5 Å². The quantitative estimate of drug-likeness (QED) is 0.515. The van der Waals surface area contributed by atoms with Gasteiger partial charge in [0.15, 0.2) is 0 Å². The van der Waals surface area contributed by atoms with Crippen LogP contribution >= 0.6 is 0 Å². The molecule has 1 nitrogen and oxygen atoms in total. The van der Waals surface area contributed by atoms with Gasteiger partial charge in [0.25, 0.3) is 0 Å². The lowest BCUT2D eigenvalue weighted by Crippen LogP contribution is -1.86. The zero-order valence-electron chi connectivity index (χ0n) is 10.2. The molecule has 0 heterocycles. The Morgan fingerprint density at radius 2 is 2.00 bits per heavy atom. The molecule has 1 heteroatoms. The smallest absolute Gasteiger partial charge is 0.111 e. The van der Waals surface area contributed by atoms with Crippen molar-refractivity contribution >= 4 is 0 Å². The monoisotopic (exact) mass is 216 g/mol. The zero-order valence-corrected chi connectivity index (χ0v) is 10.2. The Hall–Kier alpha value is -1.50. The normalized spacial score (nSPS) is 10.6. The van der Waals surface area contributed by atoms with Gasteiger partial charge in [0.2, 0.25) is 0 Å². The number of hydrogen-bond acceptors (Lipinski definition) is 1. The zero-order chi connectivity index (χ0) is 11.8. The largest absolute Gasteiger partial charge is 0.495 e. The van der Waals surface area contributed by atoms with Crippen LogP contribution in [0.25, 0.3) is 0 Å². The van der Waals surface area contributed by atoms with E-state index in [1.807, 2.05) is 13.0 Å². The molecule has 0 spiro atoms. The number of allylic oxidation sites excluding steroid dienone is 2. The van der Waals surface area contributed by atoms with Gasteiger partial charge >= 0.3 is 0 Å². The Labute approximate surface area is 98.5 Å². The molecular formula is C15H20O. The van der Waals surface area contributed by atoms with Crippen molar-refractivity contribution in [2.24, 2.45) is 0 Å². The highest BCUT2D eigenvalue weighted by molar-refractivity contribution is 5.21. The van der Waals surface area contributed by atoms with Gasteiger partial charge in [0.05, 0.1) is 6.61 Å². The SMILES string of the molecule is C=C(/C=C/CCc1ccc(C)cc1)OCC. The van der Waals surface area contributed by atoms with Crippen LogP contribution in [0, 0.1) is 6.92 Å². The minimum atomic E-state index is 0.682. The van der Waals surface area contributed by atoms with Gasteiger partial charge < -0.3 is 4.74 Å². The summed E-state index contributed by atoms with van der Waals surface area (Å²) in [5.74, 6) is 0.742. The fourth-order valence-corrected chi connectivity index (χ4v) is 1.45. The Morgan fingerprint density at radius 1 is 1.31 bits per heavy atom. The van der Waals surface area contributed by atoms with E-state index in [0.29, 0.717) is 6.61 Å². The second-order valence-corrected chi connectivity index (χ2v) is 3.83. The van der Waals surface area contributed by atoms with Crippen LogP contribution in [-0.2, 0) is 11.2 Å². The van der Waals surface area contributed by atoms with Crippen LogP contribution < -0.4 is 0 Å². The highest BCUT2D eigenvalue weighted by Gasteiger charge is 1.91. The van der Waals surface area contributed by atoms with Gasteiger partial charge in [-0.25, -0.2) is 0 Å². The summed E-state index contributed by atoms with van der Waals surface area (Å²) in [7, 11) is 0. The highest BCUT2D eigenvalue weighted by Crippen LogP contribution is 2.06. The van der Waals surface area contributed by atoms with Crippen LogP contribution in [0.1, 0.15) is 24.5 Å². The van der Waals surface area contributed by atoms with Crippen LogP contribution in [0.15, 0.2) is 48.8 Å². The van der Waals surface area contributed by atoms with Gasteiger partial charge in [-0.2, -0.15) is 0 Å². The van der Waals surface area contributed by atoms with Crippen LogP contribution in [-0.4, -0.2) is 6.61 Å². The maximum absolute atomic E-state index is 5.23. The lowest BCUT2D eigenvalue weighted by molar-refractivity contribution is 0.244. The van der Waals surface area contributed by atoms with Gasteiger partial charge in [-0.05, 0) is 38.3 Å². The number of aryl methyl sites for hydroxylation is 2. The maximum atomic E-state index is 5.23. The number of hydrogen-bond donors (Lipinski definition) is 0. The molecule has 1 aromatic rings. The number of ether oxygens (including phenoxy) is 1. The van der Waals surface area contributed by atoms with Crippen molar-refractivity contribution in [3.8, 4) is 0 Å². The Kier molecular flexibility index (Phi) is 5.41. The van der Waals surface area contributed by atoms with Crippen LogP contribution in [0.5, 0.6) is 0 Å². The fourth-order valence-electron chi connectivity index (χ4n) is 1.45. The lowest BCUT2D eigenvalue weighted by Gasteiger charge is -2.01. The summed E-state index contributed by atoms with van der Waals surface area (Å²) in [6.45, 7) is 8.54. The second-order valence-electron chi connectivity index (χ2n) is 3.83. The van der Waals surface area contributed by atoms with Crippen molar-refractivity contribution in [1.29, 1.82) is 0 Å². The van der Waals surface area contributed by atoms with Crippen LogP contribution in [0.2, 0.25) is 0 Å². The molecule has 0 aliphatic carbocycles. The molecule has 0 amide bonds.